The summed E-state index contributed by atoms with van der Waals surface area (Å²) in [5, 5.41) is 30.8. The lowest BCUT2D eigenvalue weighted by atomic mass is 9.59. The largest absolute Gasteiger partial charge is 0.396 e. The van der Waals surface area contributed by atoms with E-state index in [2.05, 4.69) is 39.5 Å². The fourth-order valence-corrected chi connectivity index (χ4v) is 6.73. The van der Waals surface area contributed by atoms with Crippen molar-refractivity contribution >= 4 is 0 Å². The van der Waals surface area contributed by atoms with Crippen molar-refractivity contribution in [3.05, 3.63) is 35.5 Å². The van der Waals surface area contributed by atoms with Crippen LogP contribution in [-0.2, 0) is 0 Å². The van der Waals surface area contributed by atoms with E-state index >= 15 is 0 Å². The first kappa shape index (κ1) is 23.8. The summed E-state index contributed by atoms with van der Waals surface area (Å²) >= 11 is 0. The molecule has 3 aliphatic rings. The van der Waals surface area contributed by atoms with Gasteiger partial charge in [-0.3, -0.25) is 0 Å². The van der Waals surface area contributed by atoms with Crippen molar-refractivity contribution in [3.63, 3.8) is 0 Å². The highest BCUT2D eigenvalue weighted by molar-refractivity contribution is 5.36. The summed E-state index contributed by atoms with van der Waals surface area (Å²) in [6.45, 7) is 11.0. The summed E-state index contributed by atoms with van der Waals surface area (Å²) in [7, 11) is 0. The van der Waals surface area contributed by atoms with E-state index in [0.717, 1.165) is 51.4 Å². The molecule has 3 fully saturated rings. The second kappa shape index (κ2) is 9.71. The van der Waals surface area contributed by atoms with Gasteiger partial charge >= 0.3 is 0 Å². The molecule has 0 bridgehead atoms. The van der Waals surface area contributed by atoms with E-state index in [1.165, 1.54) is 36.0 Å². The molecule has 0 heterocycles. The summed E-state index contributed by atoms with van der Waals surface area (Å²) in [5.41, 5.74) is 3.46. The van der Waals surface area contributed by atoms with Gasteiger partial charge in [0.05, 0.1) is 11.7 Å². The molecule has 170 valence electrons. The van der Waals surface area contributed by atoms with Crippen LogP contribution in [0.5, 0.6) is 0 Å². The van der Waals surface area contributed by atoms with Crippen LogP contribution in [0.25, 0.3) is 0 Å². The monoisotopic (exact) mass is 416 g/mol. The van der Waals surface area contributed by atoms with Crippen molar-refractivity contribution < 1.29 is 15.3 Å². The number of allylic oxidation sites excluding steroid dienone is 4. The molecule has 0 aliphatic heterocycles. The van der Waals surface area contributed by atoms with Crippen LogP contribution in [0.15, 0.2) is 35.5 Å². The number of aliphatic hydroxyl groups excluding tert-OH is 2. The lowest BCUT2D eigenvalue weighted by Gasteiger charge is -2.47. The summed E-state index contributed by atoms with van der Waals surface area (Å²) in [6.07, 6.45) is 15.4. The summed E-state index contributed by atoms with van der Waals surface area (Å²) in [4.78, 5) is 0. The second-order valence-corrected chi connectivity index (χ2v) is 11.0. The molecule has 3 N–H and O–H groups in total. The third kappa shape index (κ3) is 5.11. The smallest absolute Gasteiger partial charge is 0.0653 e. The van der Waals surface area contributed by atoms with Gasteiger partial charge in [-0.1, -0.05) is 50.1 Å². The van der Waals surface area contributed by atoms with Gasteiger partial charge in [0.2, 0.25) is 0 Å². The maximum absolute atomic E-state index is 11.5. The predicted molar refractivity (Wildman–Crippen MR) is 124 cm³/mol. The Morgan fingerprint density at radius 1 is 1.23 bits per heavy atom. The topological polar surface area (TPSA) is 60.7 Å². The molecule has 0 radical (unpaired) electrons. The van der Waals surface area contributed by atoms with Crippen LogP contribution < -0.4 is 0 Å². The third-order valence-electron chi connectivity index (χ3n) is 8.59. The SMILES string of the molecule is C=C1CC[C@@H](O)C/C1=C/C=C1\CCC[C@@]2(C)[C@H]1CC[C@@H]2[C@@](C)(O)CCCC(C)CO. The second-order valence-electron chi connectivity index (χ2n) is 11.0. The van der Waals surface area contributed by atoms with Crippen LogP contribution in [0.1, 0.15) is 91.4 Å². The van der Waals surface area contributed by atoms with E-state index in [4.69, 9.17) is 0 Å². The molecular weight excluding hydrogens is 372 g/mol. The molecule has 3 heteroatoms. The van der Waals surface area contributed by atoms with Gasteiger partial charge in [0.1, 0.15) is 0 Å². The van der Waals surface area contributed by atoms with E-state index in [9.17, 15) is 15.3 Å². The molecule has 3 rings (SSSR count). The molecule has 3 aliphatic carbocycles. The lowest BCUT2D eigenvalue weighted by molar-refractivity contribution is -0.0660. The summed E-state index contributed by atoms with van der Waals surface area (Å²) < 4.78 is 0. The molecule has 0 saturated heterocycles. The van der Waals surface area contributed by atoms with Crippen LogP contribution >= 0.6 is 0 Å². The maximum atomic E-state index is 11.5. The highest BCUT2D eigenvalue weighted by atomic mass is 16.3. The zero-order valence-electron chi connectivity index (χ0n) is 19.5. The molecule has 1 unspecified atom stereocenters. The van der Waals surface area contributed by atoms with Gasteiger partial charge in [-0.15, -0.1) is 0 Å². The van der Waals surface area contributed by atoms with E-state index in [1.54, 1.807) is 0 Å². The predicted octanol–water partition coefficient (Wildman–Crippen LogP) is 5.71. The van der Waals surface area contributed by atoms with E-state index < -0.39 is 5.60 Å². The van der Waals surface area contributed by atoms with Gasteiger partial charge < -0.3 is 15.3 Å². The number of rotatable bonds is 7. The van der Waals surface area contributed by atoms with E-state index in [1.807, 2.05) is 0 Å². The fraction of sp³-hybridized carbons (Fsp3) is 0.778. The molecule has 0 spiro atoms. The molecule has 0 aromatic heterocycles. The first-order valence-electron chi connectivity index (χ1n) is 12.3. The van der Waals surface area contributed by atoms with Crippen molar-refractivity contribution in [2.45, 2.75) is 103 Å². The number of aliphatic hydroxyl groups is 3. The van der Waals surface area contributed by atoms with Crippen LogP contribution in [0.2, 0.25) is 0 Å². The third-order valence-corrected chi connectivity index (χ3v) is 8.59. The van der Waals surface area contributed by atoms with Gasteiger partial charge in [0, 0.05) is 6.61 Å². The minimum atomic E-state index is -0.638. The Hall–Kier alpha value is -0.900. The Morgan fingerprint density at radius 3 is 2.73 bits per heavy atom. The van der Waals surface area contributed by atoms with E-state index in [-0.39, 0.29) is 18.1 Å². The molecule has 0 aromatic rings. The van der Waals surface area contributed by atoms with Crippen LogP contribution in [0.3, 0.4) is 0 Å². The normalized spacial score (nSPS) is 37.9. The van der Waals surface area contributed by atoms with Crippen LogP contribution in [-0.4, -0.2) is 33.6 Å². The Bertz CT molecular complexity index is 674. The van der Waals surface area contributed by atoms with Crippen LogP contribution in [0, 0.1) is 23.2 Å². The first-order valence-corrected chi connectivity index (χ1v) is 12.3. The zero-order chi connectivity index (χ0) is 21.9. The summed E-state index contributed by atoms with van der Waals surface area (Å²) in [6, 6.07) is 0. The Labute approximate surface area is 184 Å². The van der Waals surface area contributed by atoms with Crippen molar-refractivity contribution in [3.8, 4) is 0 Å². The average molecular weight is 417 g/mol. The standard InChI is InChI=1S/C27H44O3/c1-19(18-28)7-5-16-27(4,30)25-14-13-24-21(8-6-15-26(24,25)3)10-11-22-17-23(29)12-9-20(22)2/h10-11,19,23-25,28-30H,2,5-9,12-18H2,1,3-4H3/b21-10+,22-11-/t19?,23-,24+,25+,26+,27+/m1/s1. The quantitative estimate of drug-likeness (QED) is 0.498. The Kier molecular flexibility index (Phi) is 7.69. The summed E-state index contributed by atoms with van der Waals surface area (Å²) in [5.74, 6) is 1.21. The lowest BCUT2D eigenvalue weighted by Crippen LogP contribution is -2.45. The molecule has 30 heavy (non-hydrogen) atoms. The Morgan fingerprint density at radius 2 is 2.00 bits per heavy atom. The Balaban J connectivity index is 1.72. The molecule has 6 atom stereocenters. The van der Waals surface area contributed by atoms with Crippen molar-refractivity contribution in [2.75, 3.05) is 6.61 Å². The number of hydrogen-bond donors (Lipinski definition) is 3. The van der Waals surface area contributed by atoms with E-state index in [0.29, 0.717) is 17.8 Å². The highest BCUT2D eigenvalue weighted by Crippen LogP contribution is 2.60. The van der Waals surface area contributed by atoms with Gasteiger partial charge in [-0.2, -0.15) is 0 Å². The van der Waals surface area contributed by atoms with Crippen molar-refractivity contribution in [1.82, 2.24) is 0 Å². The van der Waals surface area contributed by atoms with Gasteiger partial charge in [-0.25, -0.2) is 0 Å². The number of fused-ring (bicyclic) bond motifs is 1. The highest BCUT2D eigenvalue weighted by Gasteiger charge is 2.54. The van der Waals surface area contributed by atoms with Crippen molar-refractivity contribution in [1.29, 1.82) is 0 Å². The molecular formula is C27H44O3. The first-order chi connectivity index (χ1) is 14.2. The average Bonchev–Trinajstić information content (AvgIpc) is 3.06. The maximum Gasteiger partial charge on any atom is 0.0653 e. The molecule has 0 aromatic carbocycles. The van der Waals surface area contributed by atoms with Crippen LogP contribution in [0.4, 0.5) is 0 Å². The minimum Gasteiger partial charge on any atom is -0.396 e. The number of hydrogen-bond acceptors (Lipinski definition) is 3. The van der Waals surface area contributed by atoms with Gasteiger partial charge in [0.15, 0.2) is 0 Å². The van der Waals surface area contributed by atoms with Gasteiger partial charge in [0.25, 0.3) is 0 Å². The minimum absolute atomic E-state index is 0.164. The molecule has 3 nitrogen and oxygen atoms in total. The van der Waals surface area contributed by atoms with Crippen molar-refractivity contribution in [2.24, 2.45) is 23.2 Å². The molecule has 3 saturated carbocycles. The fourth-order valence-electron chi connectivity index (χ4n) is 6.73. The van der Waals surface area contributed by atoms with Gasteiger partial charge in [-0.05, 0) is 99.9 Å². The zero-order valence-corrected chi connectivity index (χ0v) is 19.5. The molecule has 0 amide bonds.